The van der Waals surface area contributed by atoms with Crippen LogP contribution in [0.1, 0.15) is 6.42 Å². The molecule has 0 unspecified atom stereocenters. The summed E-state index contributed by atoms with van der Waals surface area (Å²) in [6.07, 6.45) is -4.23. The van der Waals surface area contributed by atoms with Gasteiger partial charge in [-0.15, -0.1) is 6.58 Å². The molecule has 0 fully saturated rings. The average molecular weight is 254 g/mol. The predicted molar refractivity (Wildman–Crippen MR) is 53.5 cm³/mol. The summed E-state index contributed by atoms with van der Waals surface area (Å²) in [4.78, 5) is 22.5. The van der Waals surface area contributed by atoms with Crippen molar-refractivity contribution in [2.45, 2.75) is 12.6 Å². The van der Waals surface area contributed by atoms with Crippen molar-refractivity contribution in [1.82, 2.24) is 10.2 Å². The topological polar surface area (TPSA) is 69.6 Å². The number of hydrogen-bond acceptors (Lipinski definition) is 2. The van der Waals surface area contributed by atoms with Crippen molar-refractivity contribution < 1.29 is 27.9 Å². The van der Waals surface area contributed by atoms with Crippen molar-refractivity contribution in [3.05, 3.63) is 12.7 Å². The molecule has 98 valence electrons. The van der Waals surface area contributed by atoms with Gasteiger partial charge in [-0.2, -0.15) is 13.2 Å². The number of aliphatic carboxylic acids is 1. The van der Waals surface area contributed by atoms with E-state index in [0.717, 1.165) is 4.90 Å². The lowest BCUT2D eigenvalue weighted by molar-refractivity contribution is -0.138. The summed E-state index contributed by atoms with van der Waals surface area (Å²) >= 11 is 0. The number of carboxylic acid groups (broad SMARTS) is 1. The molecular weight excluding hydrogens is 241 g/mol. The van der Waals surface area contributed by atoms with Crippen LogP contribution < -0.4 is 5.32 Å². The Balaban J connectivity index is 4.14. The number of rotatable bonds is 6. The number of alkyl halides is 3. The van der Waals surface area contributed by atoms with E-state index in [1.165, 1.54) is 6.08 Å². The van der Waals surface area contributed by atoms with Gasteiger partial charge in [0, 0.05) is 13.1 Å². The highest BCUT2D eigenvalue weighted by molar-refractivity contribution is 5.80. The molecule has 8 heteroatoms. The van der Waals surface area contributed by atoms with E-state index in [2.05, 4.69) is 6.58 Å². The lowest BCUT2D eigenvalue weighted by Gasteiger charge is -2.19. The number of nitrogens with zero attached hydrogens (tertiary/aromatic N) is 1. The molecule has 0 bridgehead atoms. The van der Waals surface area contributed by atoms with E-state index in [9.17, 15) is 22.8 Å². The minimum atomic E-state index is -4.36. The fourth-order valence-electron chi connectivity index (χ4n) is 0.961. The van der Waals surface area contributed by atoms with Gasteiger partial charge in [-0.25, -0.2) is 4.79 Å². The molecule has 0 aromatic heterocycles. The van der Waals surface area contributed by atoms with E-state index < -0.39 is 37.7 Å². The minimum Gasteiger partial charge on any atom is -0.480 e. The van der Waals surface area contributed by atoms with Gasteiger partial charge < -0.3 is 15.3 Å². The average Bonchev–Trinajstić information content (AvgIpc) is 2.14. The Hall–Kier alpha value is -1.73. The first-order valence-electron chi connectivity index (χ1n) is 4.68. The summed E-state index contributed by atoms with van der Waals surface area (Å²) in [6.45, 7) is 2.08. The maximum atomic E-state index is 11.8. The van der Waals surface area contributed by atoms with E-state index >= 15 is 0 Å². The van der Waals surface area contributed by atoms with Gasteiger partial charge in [0.15, 0.2) is 0 Å². The molecule has 0 spiro atoms. The van der Waals surface area contributed by atoms with Crippen molar-refractivity contribution in [3.63, 3.8) is 0 Å². The molecular formula is C9H13F3N2O3. The number of carbonyl (C=O) groups is 2. The quantitative estimate of drug-likeness (QED) is 0.700. The smallest absolute Gasteiger partial charge is 0.390 e. The van der Waals surface area contributed by atoms with Gasteiger partial charge in [0.2, 0.25) is 0 Å². The molecule has 0 aliphatic carbocycles. The SMILES string of the molecule is C=CCN(CC(=O)O)C(=O)NCCC(F)(F)F. The first kappa shape index (κ1) is 15.3. The highest BCUT2D eigenvalue weighted by Gasteiger charge is 2.27. The second-order valence-electron chi connectivity index (χ2n) is 3.16. The Kier molecular flexibility index (Phi) is 6.08. The number of nitrogens with one attached hydrogen (secondary N) is 1. The van der Waals surface area contributed by atoms with Crippen LogP contribution in [-0.2, 0) is 4.79 Å². The molecule has 0 rings (SSSR count). The molecule has 0 aromatic rings. The number of halogens is 3. The zero-order valence-corrected chi connectivity index (χ0v) is 8.96. The number of carbonyl (C=O) groups excluding carboxylic acids is 1. The van der Waals surface area contributed by atoms with Gasteiger partial charge in [0.25, 0.3) is 0 Å². The zero-order chi connectivity index (χ0) is 13.5. The predicted octanol–water partition coefficient (Wildman–Crippen LogP) is 1.22. The van der Waals surface area contributed by atoms with Crippen LogP contribution in [0.4, 0.5) is 18.0 Å². The van der Waals surface area contributed by atoms with Crippen molar-refractivity contribution in [3.8, 4) is 0 Å². The summed E-state index contributed by atoms with van der Waals surface area (Å²) in [7, 11) is 0. The molecule has 0 radical (unpaired) electrons. The normalized spacial score (nSPS) is 10.8. The fourth-order valence-corrected chi connectivity index (χ4v) is 0.961. The zero-order valence-electron chi connectivity index (χ0n) is 8.96. The monoisotopic (exact) mass is 254 g/mol. The van der Waals surface area contributed by atoms with Crippen LogP contribution in [0.25, 0.3) is 0 Å². The van der Waals surface area contributed by atoms with Gasteiger partial charge in [-0.05, 0) is 0 Å². The molecule has 17 heavy (non-hydrogen) atoms. The number of hydrogen-bond donors (Lipinski definition) is 2. The number of urea groups is 1. The number of amides is 2. The Labute approximate surface area is 95.9 Å². The van der Waals surface area contributed by atoms with E-state index in [4.69, 9.17) is 5.11 Å². The Bertz CT molecular complexity index is 292. The molecule has 0 aliphatic heterocycles. The third-order valence-corrected chi connectivity index (χ3v) is 1.65. The summed E-state index contributed by atoms with van der Waals surface area (Å²) < 4.78 is 35.4. The third kappa shape index (κ3) is 8.12. The highest BCUT2D eigenvalue weighted by atomic mass is 19.4. The van der Waals surface area contributed by atoms with Crippen LogP contribution in [0.2, 0.25) is 0 Å². The largest absolute Gasteiger partial charge is 0.480 e. The standard InChI is InChI=1S/C9H13F3N2O3/c1-2-5-14(6-7(15)16)8(17)13-4-3-9(10,11)12/h2H,1,3-6H2,(H,13,17)(H,15,16). The highest BCUT2D eigenvalue weighted by Crippen LogP contribution is 2.18. The second-order valence-corrected chi connectivity index (χ2v) is 3.16. The Morgan fingerprint density at radius 1 is 1.41 bits per heavy atom. The maximum absolute atomic E-state index is 11.8. The fraction of sp³-hybridized carbons (Fsp3) is 0.556. The molecule has 0 saturated heterocycles. The molecule has 0 saturated carbocycles. The van der Waals surface area contributed by atoms with Gasteiger partial charge in [0.1, 0.15) is 6.54 Å². The molecule has 0 aromatic carbocycles. The molecule has 0 atom stereocenters. The number of carboxylic acids is 1. The Morgan fingerprint density at radius 3 is 2.41 bits per heavy atom. The minimum absolute atomic E-state index is 0.0514. The van der Waals surface area contributed by atoms with Crippen molar-refractivity contribution in [2.75, 3.05) is 19.6 Å². The lowest BCUT2D eigenvalue weighted by atomic mass is 10.4. The second kappa shape index (κ2) is 6.77. The third-order valence-electron chi connectivity index (χ3n) is 1.65. The molecule has 0 aliphatic rings. The van der Waals surface area contributed by atoms with E-state index in [1.807, 2.05) is 5.32 Å². The van der Waals surface area contributed by atoms with Crippen LogP contribution in [0.5, 0.6) is 0 Å². The van der Waals surface area contributed by atoms with Crippen molar-refractivity contribution >= 4 is 12.0 Å². The van der Waals surface area contributed by atoms with Crippen molar-refractivity contribution in [1.29, 1.82) is 0 Å². The van der Waals surface area contributed by atoms with E-state index in [-0.39, 0.29) is 6.54 Å². The first-order chi connectivity index (χ1) is 7.76. The summed E-state index contributed by atoms with van der Waals surface area (Å²) in [5.74, 6) is -1.25. The van der Waals surface area contributed by atoms with Gasteiger partial charge in [-0.3, -0.25) is 4.79 Å². The van der Waals surface area contributed by atoms with Gasteiger partial charge in [-0.1, -0.05) is 6.08 Å². The van der Waals surface area contributed by atoms with Crippen LogP contribution in [-0.4, -0.2) is 47.8 Å². The Morgan fingerprint density at radius 2 is 2.00 bits per heavy atom. The van der Waals surface area contributed by atoms with Crippen LogP contribution in [0.3, 0.4) is 0 Å². The maximum Gasteiger partial charge on any atom is 0.390 e. The van der Waals surface area contributed by atoms with E-state index in [1.54, 1.807) is 0 Å². The lowest BCUT2D eigenvalue weighted by Crippen LogP contribution is -2.43. The summed E-state index contributed by atoms with van der Waals surface area (Å²) in [6, 6.07) is -0.864. The molecule has 0 heterocycles. The summed E-state index contributed by atoms with van der Waals surface area (Å²) in [5, 5.41) is 10.5. The first-order valence-corrected chi connectivity index (χ1v) is 4.68. The molecule has 2 amide bonds. The molecule has 2 N–H and O–H groups in total. The van der Waals surface area contributed by atoms with Gasteiger partial charge in [0.05, 0.1) is 6.42 Å². The molecule has 5 nitrogen and oxygen atoms in total. The van der Waals surface area contributed by atoms with E-state index in [0.29, 0.717) is 0 Å². The van der Waals surface area contributed by atoms with Crippen LogP contribution in [0, 0.1) is 0 Å². The summed E-state index contributed by atoms with van der Waals surface area (Å²) in [5.41, 5.74) is 0. The van der Waals surface area contributed by atoms with Crippen LogP contribution in [0.15, 0.2) is 12.7 Å². The van der Waals surface area contributed by atoms with Crippen molar-refractivity contribution in [2.24, 2.45) is 0 Å². The van der Waals surface area contributed by atoms with Crippen LogP contribution >= 0.6 is 0 Å². The van der Waals surface area contributed by atoms with Gasteiger partial charge >= 0.3 is 18.2 Å².